The number of nitrogens with zero attached hydrogens (tertiary/aromatic N) is 3. The number of hydrogen-bond donors (Lipinski definition) is 0. The number of para-hydroxylation sites is 1. The third-order valence-corrected chi connectivity index (χ3v) is 10.2. The fourth-order valence-corrected chi connectivity index (χ4v) is 7.96. The summed E-state index contributed by atoms with van der Waals surface area (Å²) < 4.78 is 1.92. The van der Waals surface area contributed by atoms with Crippen LogP contribution in [0.1, 0.15) is 74.9 Å². The van der Waals surface area contributed by atoms with Gasteiger partial charge in [-0.05, 0) is 43.4 Å². The molecule has 0 radical (unpaired) electrons. The first-order valence-electron chi connectivity index (χ1n) is 13.0. The second kappa shape index (κ2) is 9.82. The topological polar surface area (TPSA) is 55.2 Å². The standard InChI is InChI=1S/C29H35N3O2S2/c1-6-23-18(2)25-26(36-23)30-28(32(27(25)34)19-12-8-7-9-13-19)35-17-20(33)16-24-29(3,4)21-14-10-11-15-22(21)31(24)5/h10-11,14-16,19H,6-9,12-13,17H2,1-5H3. The Balaban J connectivity index is 1.47. The fraction of sp³-hybridized carbons (Fsp3) is 0.483. The lowest BCUT2D eigenvalue weighted by Gasteiger charge is -2.26. The number of benzene rings is 1. The molecule has 0 N–H and O–H groups in total. The molecule has 7 heteroatoms. The molecule has 0 unspecified atom stereocenters. The van der Waals surface area contributed by atoms with E-state index in [0.717, 1.165) is 59.3 Å². The van der Waals surface area contributed by atoms with E-state index in [1.54, 1.807) is 17.4 Å². The maximum atomic E-state index is 13.8. The number of rotatable bonds is 6. The van der Waals surface area contributed by atoms with Crippen LogP contribution in [0.5, 0.6) is 0 Å². The molecule has 1 aliphatic heterocycles. The van der Waals surface area contributed by atoms with E-state index in [2.05, 4.69) is 43.9 Å². The summed E-state index contributed by atoms with van der Waals surface area (Å²) in [6, 6.07) is 8.50. The summed E-state index contributed by atoms with van der Waals surface area (Å²) >= 11 is 3.03. The van der Waals surface area contributed by atoms with Gasteiger partial charge in [-0.2, -0.15) is 0 Å². The van der Waals surface area contributed by atoms with E-state index in [0.29, 0.717) is 5.16 Å². The van der Waals surface area contributed by atoms with Gasteiger partial charge in [-0.1, -0.05) is 70.0 Å². The number of allylic oxidation sites excluding steroid dienone is 2. The summed E-state index contributed by atoms with van der Waals surface area (Å²) in [5.74, 6) is 0.309. The highest BCUT2D eigenvalue weighted by Gasteiger charge is 2.38. The van der Waals surface area contributed by atoms with Crippen LogP contribution in [0, 0.1) is 6.92 Å². The lowest BCUT2D eigenvalue weighted by atomic mass is 9.83. The van der Waals surface area contributed by atoms with Gasteiger partial charge in [0.2, 0.25) is 0 Å². The van der Waals surface area contributed by atoms with Gasteiger partial charge in [0.1, 0.15) is 4.83 Å². The molecule has 36 heavy (non-hydrogen) atoms. The average molecular weight is 522 g/mol. The number of thiophene rings is 1. The minimum absolute atomic E-state index is 0.0453. The Morgan fingerprint density at radius 2 is 1.94 bits per heavy atom. The van der Waals surface area contributed by atoms with Gasteiger partial charge < -0.3 is 4.90 Å². The molecule has 1 fully saturated rings. The van der Waals surface area contributed by atoms with Crippen LogP contribution in [0.2, 0.25) is 0 Å². The predicted octanol–water partition coefficient (Wildman–Crippen LogP) is 6.81. The molecule has 2 aromatic heterocycles. The first-order chi connectivity index (χ1) is 17.2. The van der Waals surface area contributed by atoms with Crippen LogP contribution in [0.15, 0.2) is 46.0 Å². The predicted molar refractivity (Wildman–Crippen MR) is 152 cm³/mol. The highest BCUT2D eigenvalue weighted by Crippen LogP contribution is 2.46. The number of thioether (sulfide) groups is 1. The Morgan fingerprint density at radius 1 is 1.22 bits per heavy atom. The van der Waals surface area contributed by atoms with Gasteiger partial charge in [-0.15, -0.1) is 11.3 Å². The summed E-state index contributed by atoms with van der Waals surface area (Å²) in [4.78, 5) is 36.2. The Bertz CT molecular complexity index is 1410. The van der Waals surface area contributed by atoms with Crippen molar-refractivity contribution >= 4 is 44.8 Å². The Morgan fingerprint density at radius 3 is 2.64 bits per heavy atom. The molecule has 1 aromatic carbocycles. The van der Waals surface area contributed by atoms with E-state index < -0.39 is 0 Å². The van der Waals surface area contributed by atoms with Gasteiger partial charge in [0.25, 0.3) is 5.56 Å². The molecule has 5 rings (SSSR count). The summed E-state index contributed by atoms with van der Waals surface area (Å²) in [7, 11) is 2.03. The minimum Gasteiger partial charge on any atom is -0.347 e. The van der Waals surface area contributed by atoms with Crippen molar-refractivity contribution in [1.82, 2.24) is 9.55 Å². The third kappa shape index (κ3) is 4.24. The van der Waals surface area contributed by atoms with E-state index in [-0.39, 0.29) is 28.6 Å². The van der Waals surface area contributed by atoms with Crippen LogP contribution in [0.4, 0.5) is 5.69 Å². The van der Waals surface area contributed by atoms with Crippen molar-refractivity contribution in [2.24, 2.45) is 0 Å². The molecule has 0 bridgehead atoms. The molecule has 0 spiro atoms. The first-order valence-corrected chi connectivity index (χ1v) is 14.8. The SMILES string of the molecule is CCc1sc2nc(SCC(=O)C=C3N(C)c4ccccc4C3(C)C)n(C3CCCCC3)c(=O)c2c1C. The Hall–Kier alpha value is -2.38. The van der Waals surface area contributed by atoms with Crippen molar-refractivity contribution < 1.29 is 4.79 Å². The molecule has 1 saturated carbocycles. The smallest absolute Gasteiger partial charge is 0.263 e. The van der Waals surface area contributed by atoms with Gasteiger partial charge in [-0.25, -0.2) is 4.98 Å². The van der Waals surface area contributed by atoms with E-state index in [4.69, 9.17) is 4.98 Å². The van der Waals surface area contributed by atoms with Crippen molar-refractivity contribution in [3.8, 4) is 0 Å². The number of anilines is 1. The number of aromatic nitrogens is 2. The molecule has 3 heterocycles. The lowest BCUT2D eigenvalue weighted by Crippen LogP contribution is -2.29. The van der Waals surface area contributed by atoms with Crippen LogP contribution in [-0.2, 0) is 16.6 Å². The molecule has 5 nitrogen and oxygen atoms in total. The largest absolute Gasteiger partial charge is 0.347 e. The number of likely N-dealkylation sites (N-methyl/N-ethyl adjacent to an activating group) is 1. The van der Waals surface area contributed by atoms with E-state index in [9.17, 15) is 9.59 Å². The molecular weight excluding hydrogens is 486 g/mol. The molecule has 2 aliphatic rings. The van der Waals surface area contributed by atoms with Crippen molar-refractivity contribution in [3.63, 3.8) is 0 Å². The Kier molecular flexibility index (Phi) is 6.90. The van der Waals surface area contributed by atoms with Crippen LogP contribution >= 0.6 is 23.1 Å². The molecule has 0 saturated heterocycles. The molecule has 1 aliphatic carbocycles. The molecule has 0 atom stereocenters. The summed E-state index contributed by atoms with van der Waals surface area (Å²) in [5.41, 5.74) is 4.29. The zero-order valence-electron chi connectivity index (χ0n) is 21.9. The highest BCUT2D eigenvalue weighted by atomic mass is 32.2. The average Bonchev–Trinajstić information content (AvgIpc) is 3.30. The van der Waals surface area contributed by atoms with Gasteiger partial charge in [0.05, 0.1) is 11.1 Å². The zero-order chi connectivity index (χ0) is 25.6. The second-order valence-corrected chi connectivity index (χ2v) is 12.6. The second-order valence-electron chi connectivity index (χ2n) is 10.5. The van der Waals surface area contributed by atoms with Crippen molar-refractivity contribution in [3.05, 3.63) is 62.4 Å². The normalized spacial score (nSPS) is 18.8. The number of aryl methyl sites for hydroxylation is 2. The molecule has 0 amide bonds. The number of carbonyl (C=O) groups excluding carboxylic acids is 1. The quantitative estimate of drug-likeness (QED) is 0.203. The summed E-state index contributed by atoms with van der Waals surface area (Å²) in [6.45, 7) is 8.51. The molecule has 3 aromatic rings. The van der Waals surface area contributed by atoms with Crippen molar-refractivity contribution in [1.29, 1.82) is 0 Å². The third-order valence-electron chi connectivity index (χ3n) is 7.91. The maximum absolute atomic E-state index is 13.8. The van der Waals surface area contributed by atoms with Crippen LogP contribution in [0.3, 0.4) is 0 Å². The number of ketones is 1. The van der Waals surface area contributed by atoms with Gasteiger partial charge in [0.15, 0.2) is 10.9 Å². The fourth-order valence-electron chi connectivity index (χ4n) is 5.91. The van der Waals surface area contributed by atoms with Crippen LogP contribution in [0.25, 0.3) is 10.2 Å². The van der Waals surface area contributed by atoms with Crippen LogP contribution in [-0.4, -0.2) is 28.1 Å². The van der Waals surface area contributed by atoms with Gasteiger partial charge >= 0.3 is 0 Å². The van der Waals surface area contributed by atoms with E-state index in [1.807, 2.05) is 24.6 Å². The first kappa shape index (κ1) is 25.3. The Labute approximate surface area is 221 Å². The molecule has 190 valence electrons. The monoisotopic (exact) mass is 521 g/mol. The van der Waals surface area contributed by atoms with E-state index in [1.165, 1.54) is 28.6 Å². The summed E-state index contributed by atoms with van der Waals surface area (Å²) in [6.07, 6.45) is 8.18. The highest BCUT2D eigenvalue weighted by molar-refractivity contribution is 7.99. The van der Waals surface area contributed by atoms with Crippen molar-refractivity contribution in [2.45, 2.75) is 82.8 Å². The number of carbonyl (C=O) groups is 1. The lowest BCUT2D eigenvalue weighted by molar-refractivity contribution is -0.112. The van der Waals surface area contributed by atoms with E-state index >= 15 is 0 Å². The van der Waals surface area contributed by atoms with Crippen LogP contribution < -0.4 is 10.5 Å². The summed E-state index contributed by atoms with van der Waals surface area (Å²) in [5, 5.41) is 1.46. The van der Waals surface area contributed by atoms with Gasteiger partial charge in [-0.3, -0.25) is 14.2 Å². The zero-order valence-corrected chi connectivity index (χ0v) is 23.5. The minimum atomic E-state index is -0.238. The van der Waals surface area contributed by atoms with Crippen molar-refractivity contribution in [2.75, 3.05) is 17.7 Å². The number of fused-ring (bicyclic) bond motifs is 2. The molecular formula is C29H35N3O2S2. The van der Waals surface area contributed by atoms with Gasteiger partial charge in [0, 0.05) is 40.8 Å². The number of hydrogen-bond acceptors (Lipinski definition) is 6. The maximum Gasteiger partial charge on any atom is 0.263 e.